The van der Waals surface area contributed by atoms with Crippen LogP contribution in [0.3, 0.4) is 0 Å². The Balaban J connectivity index is 3.27. The van der Waals surface area contributed by atoms with Crippen molar-refractivity contribution < 1.29 is 19.8 Å². The number of carbonyl (C=O) groups excluding carboxylic acids is 1. The van der Waals surface area contributed by atoms with E-state index in [9.17, 15) is 9.59 Å². The predicted octanol–water partition coefficient (Wildman–Crippen LogP) is 0.296. The van der Waals surface area contributed by atoms with Crippen molar-refractivity contribution in [1.29, 1.82) is 0 Å². The average molecular weight is 215 g/mol. The summed E-state index contributed by atoms with van der Waals surface area (Å²) in [5.74, 6) is -1.02. The van der Waals surface area contributed by atoms with Gasteiger partial charge in [0.25, 0.3) is 0 Å². The lowest BCUT2D eigenvalue weighted by Crippen LogP contribution is -2.22. The number of unbranched alkanes of at least 4 members (excludes halogenated alkanes) is 2. The number of carboxylic acid groups (broad SMARTS) is 1. The van der Waals surface area contributed by atoms with Crippen LogP contribution < -0.4 is 5.32 Å². The zero-order valence-corrected chi connectivity index (χ0v) is 8.61. The number of nitrogens with one attached hydrogen (secondary N) is 1. The smallest absolute Gasteiger partial charge is 0.303 e. The minimum Gasteiger partial charge on any atom is -0.481 e. The number of rotatable bonds is 8. The highest BCUT2D eigenvalue weighted by Crippen LogP contribution is 1.98. The Kier molecular flexibility index (Phi) is 8.37. The van der Waals surface area contributed by atoms with Crippen LogP contribution in [0.4, 0.5) is 0 Å². The minimum atomic E-state index is -0.787. The summed E-state index contributed by atoms with van der Waals surface area (Å²) in [6, 6.07) is 0. The maximum Gasteiger partial charge on any atom is 0.303 e. The lowest BCUT2D eigenvalue weighted by atomic mass is 10.2. The highest BCUT2D eigenvalue weighted by molar-refractivity contribution is 5.87. The molecule has 1 amide bonds. The topological polar surface area (TPSA) is 86.6 Å². The van der Waals surface area contributed by atoms with Gasteiger partial charge in [0.15, 0.2) is 0 Å². The fourth-order valence-corrected chi connectivity index (χ4v) is 1.01. The SMILES string of the molecule is O=C(O)CCCCCNC(=O)/C=C\CO. The van der Waals surface area contributed by atoms with Crippen LogP contribution in [-0.4, -0.2) is 35.2 Å². The van der Waals surface area contributed by atoms with Gasteiger partial charge >= 0.3 is 5.97 Å². The quantitative estimate of drug-likeness (QED) is 0.401. The molecule has 0 radical (unpaired) electrons. The third-order valence-electron chi connectivity index (χ3n) is 1.74. The van der Waals surface area contributed by atoms with Crippen molar-refractivity contribution >= 4 is 11.9 Å². The second-order valence-corrected chi connectivity index (χ2v) is 3.08. The molecule has 0 aliphatic carbocycles. The second-order valence-electron chi connectivity index (χ2n) is 3.08. The first-order valence-electron chi connectivity index (χ1n) is 4.94. The molecule has 0 aromatic heterocycles. The van der Waals surface area contributed by atoms with Crippen molar-refractivity contribution in [1.82, 2.24) is 5.32 Å². The molecule has 0 aliphatic heterocycles. The number of aliphatic hydroxyl groups is 1. The first kappa shape index (κ1) is 13.6. The summed E-state index contributed by atoms with van der Waals surface area (Å²) in [5.41, 5.74) is 0. The molecule has 0 bridgehead atoms. The third kappa shape index (κ3) is 10.6. The van der Waals surface area contributed by atoms with E-state index in [1.165, 1.54) is 12.2 Å². The van der Waals surface area contributed by atoms with Crippen LogP contribution in [-0.2, 0) is 9.59 Å². The highest BCUT2D eigenvalue weighted by atomic mass is 16.4. The van der Waals surface area contributed by atoms with E-state index in [0.717, 1.165) is 12.8 Å². The molecular weight excluding hydrogens is 198 g/mol. The Morgan fingerprint density at radius 3 is 2.53 bits per heavy atom. The fourth-order valence-electron chi connectivity index (χ4n) is 1.01. The summed E-state index contributed by atoms with van der Waals surface area (Å²) in [4.78, 5) is 21.1. The zero-order valence-electron chi connectivity index (χ0n) is 8.61. The van der Waals surface area contributed by atoms with Crippen LogP contribution in [0.1, 0.15) is 25.7 Å². The van der Waals surface area contributed by atoms with Gasteiger partial charge in [0.05, 0.1) is 6.61 Å². The van der Waals surface area contributed by atoms with Gasteiger partial charge in [-0.1, -0.05) is 12.5 Å². The Morgan fingerprint density at radius 2 is 1.93 bits per heavy atom. The van der Waals surface area contributed by atoms with Gasteiger partial charge in [-0.05, 0) is 12.8 Å². The highest BCUT2D eigenvalue weighted by Gasteiger charge is 1.97. The minimum absolute atomic E-state index is 0.147. The molecule has 0 rings (SSSR count). The summed E-state index contributed by atoms with van der Waals surface area (Å²) >= 11 is 0. The molecule has 5 nitrogen and oxygen atoms in total. The molecule has 86 valence electrons. The number of carboxylic acids is 1. The number of amides is 1. The lowest BCUT2D eigenvalue weighted by molar-refractivity contribution is -0.137. The van der Waals surface area contributed by atoms with Gasteiger partial charge in [0.2, 0.25) is 5.91 Å². The van der Waals surface area contributed by atoms with Gasteiger partial charge in [0.1, 0.15) is 0 Å². The van der Waals surface area contributed by atoms with Crippen LogP contribution in [0.2, 0.25) is 0 Å². The van der Waals surface area contributed by atoms with Gasteiger partial charge in [-0.25, -0.2) is 0 Å². The number of aliphatic carboxylic acids is 1. The third-order valence-corrected chi connectivity index (χ3v) is 1.74. The van der Waals surface area contributed by atoms with E-state index in [2.05, 4.69) is 5.32 Å². The molecule has 0 fully saturated rings. The zero-order chi connectivity index (χ0) is 11.5. The van der Waals surface area contributed by atoms with Crippen LogP contribution in [0.15, 0.2) is 12.2 Å². The average Bonchev–Trinajstić information content (AvgIpc) is 2.19. The number of hydrogen-bond acceptors (Lipinski definition) is 3. The molecule has 0 saturated carbocycles. The van der Waals surface area contributed by atoms with E-state index in [4.69, 9.17) is 10.2 Å². The normalized spacial score (nSPS) is 10.5. The standard InChI is InChI=1S/C10H17NO4/c12-8-4-5-9(13)11-7-3-1-2-6-10(14)15/h4-5,12H,1-3,6-8H2,(H,11,13)(H,14,15)/b5-4-. The molecule has 0 spiro atoms. The molecule has 0 aromatic rings. The lowest BCUT2D eigenvalue weighted by Gasteiger charge is -2.01. The molecule has 0 unspecified atom stereocenters. The summed E-state index contributed by atoms with van der Waals surface area (Å²) in [7, 11) is 0. The van der Waals surface area contributed by atoms with Crippen molar-refractivity contribution in [2.45, 2.75) is 25.7 Å². The van der Waals surface area contributed by atoms with Crippen LogP contribution >= 0.6 is 0 Å². The molecule has 15 heavy (non-hydrogen) atoms. The van der Waals surface area contributed by atoms with Crippen LogP contribution in [0.25, 0.3) is 0 Å². The summed E-state index contributed by atoms with van der Waals surface area (Å²) in [6.07, 6.45) is 5.01. The van der Waals surface area contributed by atoms with Crippen molar-refractivity contribution in [3.8, 4) is 0 Å². The van der Waals surface area contributed by atoms with Crippen LogP contribution in [0, 0.1) is 0 Å². The first-order valence-corrected chi connectivity index (χ1v) is 4.94. The summed E-state index contributed by atoms with van der Waals surface area (Å²) in [6.45, 7) is 0.389. The van der Waals surface area contributed by atoms with E-state index in [1.54, 1.807) is 0 Å². The van der Waals surface area contributed by atoms with E-state index < -0.39 is 5.97 Å². The summed E-state index contributed by atoms with van der Waals surface area (Å²) in [5, 5.41) is 19.4. The Labute approximate surface area is 88.8 Å². The molecule has 3 N–H and O–H groups in total. The molecule has 0 heterocycles. The molecular formula is C10H17NO4. The monoisotopic (exact) mass is 215 g/mol. The maximum atomic E-state index is 10.9. The number of carbonyl (C=O) groups is 2. The largest absolute Gasteiger partial charge is 0.481 e. The van der Waals surface area contributed by atoms with Gasteiger partial charge in [-0.15, -0.1) is 0 Å². The van der Waals surface area contributed by atoms with Crippen molar-refractivity contribution in [3.63, 3.8) is 0 Å². The van der Waals surface area contributed by atoms with Gasteiger partial charge < -0.3 is 15.5 Å². The van der Waals surface area contributed by atoms with Gasteiger partial charge in [0, 0.05) is 19.0 Å². The van der Waals surface area contributed by atoms with Crippen molar-refractivity contribution in [3.05, 3.63) is 12.2 Å². The number of hydrogen-bond donors (Lipinski definition) is 3. The molecule has 0 atom stereocenters. The predicted molar refractivity (Wildman–Crippen MR) is 55.3 cm³/mol. The Hall–Kier alpha value is -1.36. The Morgan fingerprint density at radius 1 is 1.20 bits per heavy atom. The second kappa shape index (κ2) is 9.21. The molecule has 0 saturated heterocycles. The van der Waals surface area contributed by atoms with E-state index in [-0.39, 0.29) is 18.9 Å². The maximum absolute atomic E-state index is 10.9. The summed E-state index contributed by atoms with van der Waals surface area (Å²) < 4.78 is 0. The van der Waals surface area contributed by atoms with Crippen molar-refractivity contribution in [2.75, 3.05) is 13.2 Å². The van der Waals surface area contributed by atoms with Crippen molar-refractivity contribution in [2.24, 2.45) is 0 Å². The van der Waals surface area contributed by atoms with E-state index in [0.29, 0.717) is 13.0 Å². The van der Waals surface area contributed by atoms with Gasteiger partial charge in [-0.2, -0.15) is 0 Å². The first-order chi connectivity index (χ1) is 7.16. The molecule has 0 aromatic carbocycles. The van der Waals surface area contributed by atoms with Crippen LogP contribution in [0.5, 0.6) is 0 Å². The molecule has 0 aliphatic rings. The van der Waals surface area contributed by atoms with E-state index >= 15 is 0 Å². The fraction of sp³-hybridized carbons (Fsp3) is 0.600. The Bertz CT molecular complexity index is 225. The van der Waals surface area contributed by atoms with E-state index in [1.807, 2.05) is 0 Å². The molecule has 5 heteroatoms. The van der Waals surface area contributed by atoms with Gasteiger partial charge in [-0.3, -0.25) is 9.59 Å². The number of aliphatic hydroxyl groups excluding tert-OH is 1.